The Bertz CT molecular complexity index is 2280. The number of benzene rings is 2. The number of hydrogen-bond donors (Lipinski definition) is 6. The number of aryl methyl sites for hydroxylation is 2. The van der Waals surface area contributed by atoms with Gasteiger partial charge in [0, 0.05) is 42.7 Å². The van der Waals surface area contributed by atoms with Gasteiger partial charge in [0.15, 0.2) is 11.6 Å². The van der Waals surface area contributed by atoms with E-state index in [1.54, 1.807) is 38.2 Å². The molecule has 336 valence electrons. The molecule has 2 unspecified atom stereocenters. The molecule has 0 saturated carbocycles. The van der Waals surface area contributed by atoms with Crippen LogP contribution in [0.25, 0.3) is 0 Å². The second kappa shape index (κ2) is 20.9. The number of nitrogens with one attached hydrogen (secondary N) is 5. The number of carbonyl (C=O) groups excluding carboxylic acids is 3. The van der Waals surface area contributed by atoms with Gasteiger partial charge in [-0.25, -0.2) is 9.59 Å². The number of anilines is 6. The normalized spacial score (nSPS) is 16.3. The zero-order valence-electron chi connectivity index (χ0n) is 36.8. The van der Waals surface area contributed by atoms with Gasteiger partial charge >= 0.3 is 18.2 Å². The van der Waals surface area contributed by atoms with E-state index < -0.39 is 17.8 Å². The molecular weight excluding hydrogens is 809 g/mol. The lowest BCUT2D eigenvalue weighted by atomic mass is 9.82. The van der Waals surface area contributed by atoms with Gasteiger partial charge in [0.2, 0.25) is 11.8 Å². The van der Waals surface area contributed by atoms with Gasteiger partial charge in [0.1, 0.15) is 12.1 Å². The van der Waals surface area contributed by atoms with Crippen LogP contribution < -0.4 is 41.0 Å². The molecule has 3 amide bonds. The number of carbonyl (C=O) groups is 4. The predicted octanol–water partition coefficient (Wildman–Crippen LogP) is 7.62. The molecule has 3 heterocycles. The first kappa shape index (κ1) is 45.7. The maximum Gasteiger partial charge on any atom is 0.407 e. The SMILES string of the molecule is CCOC(=O)CNc1ccc(OC)nc1Nc1ccc2c(c1)CCCC2CNC(=O)OC(C)(C)C.COc1ccc2c(n1)N(c1ccc3c(c1)CCCC3CNC(=O)O)C(=O)CN2. The highest BCUT2D eigenvalue weighted by molar-refractivity contribution is 6.07. The minimum atomic E-state index is -1.01. The van der Waals surface area contributed by atoms with Gasteiger partial charge in [-0.1, -0.05) is 12.1 Å². The summed E-state index contributed by atoms with van der Waals surface area (Å²) in [4.78, 5) is 58.0. The van der Waals surface area contributed by atoms with Crippen LogP contribution in [-0.4, -0.2) is 91.7 Å². The summed E-state index contributed by atoms with van der Waals surface area (Å²) in [6.07, 6.45) is 4.46. The monoisotopic (exact) mass is 866 g/mol. The van der Waals surface area contributed by atoms with Crippen LogP contribution in [-0.2, 0) is 31.9 Å². The molecule has 0 bridgehead atoms. The fraction of sp³-hybridized carbons (Fsp3) is 0.435. The van der Waals surface area contributed by atoms with E-state index in [1.165, 1.54) is 11.1 Å². The Hall–Kier alpha value is -6.78. The Balaban J connectivity index is 0.000000214. The number of aromatic nitrogens is 2. The summed E-state index contributed by atoms with van der Waals surface area (Å²) in [6, 6.07) is 19.3. The van der Waals surface area contributed by atoms with Crippen LogP contribution in [0.1, 0.15) is 87.5 Å². The smallest absolute Gasteiger partial charge is 0.407 e. The Morgan fingerprint density at radius 1 is 0.857 bits per heavy atom. The van der Waals surface area contributed by atoms with E-state index in [1.807, 2.05) is 57.2 Å². The van der Waals surface area contributed by atoms with Crippen LogP contribution >= 0.6 is 0 Å². The number of fused-ring (bicyclic) bond motifs is 3. The van der Waals surface area contributed by atoms with E-state index in [0.29, 0.717) is 48.8 Å². The molecule has 17 nitrogen and oxygen atoms in total. The molecule has 63 heavy (non-hydrogen) atoms. The van der Waals surface area contributed by atoms with Crippen LogP contribution in [0.3, 0.4) is 0 Å². The van der Waals surface area contributed by atoms with Crippen LogP contribution in [0.15, 0.2) is 60.7 Å². The van der Waals surface area contributed by atoms with Crippen LogP contribution in [0.4, 0.5) is 44.0 Å². The molecule has 0 radical (unpaired) electrons. The second-order valence-corrected chi connectivity index (χ2v) is 16.4. The fourth-order valence-corrected chi connectivity index (χ4v) is 7.98. The van der Waals surface area contributed by atoms with E-state index in [0.717, 1.165) is 66.7 Å². The van der Waals surface area contributed by atoms with Gasteiger partial charge < -0.3 is 50.6 Å². The molecule has 3 aliphatic rings. The van der Waals surface area contributed by atoms with E-state index in [9.17, 15) is 19.2 Å². The van der Waals surface area contributed by atoms with Crippen molar-refractivity contribution >= 4 is 58.4 Å². The van der Waals surface area contributed by atoms with Crippen molar-refractivity contribution in [2.24, 2.45) is 0 Å². The molecule has 6 N–H and O–H groups in total. The van der Waals surface area contributed by atoms with Gasteiger partial charge in [-0.15, -0.1) is 0 Å². The minimum Gasteiger partial charge on any atom is -0.481 e. The third-order valence-corrected chi connectivity index (χ3v) is 10.8. The Morgan fingerprint density at radius 2 is 1.51 bits per heavy atom. The number of pyridine rings is 2. The Morgan fingerprint density at radius 3 is 2.17 bits per heavy atom. The molecule has 2 aromatic heterocycles. The number of ether oxygens (including phenoxy) is 4. The molecule has 0 saturated heterocycles. The number of nitrogens with zero attached hydrogens (tertiary/aromatic N) is 3. The van der Waals surface area contributed by atoms with Crippen LogP contribution in [0, 0.1) is 0 Å². The topological polar surface area (TPSA) is 215 Å². The largest absolute Gasteiger partial charge is 0.481 e. The summed E-state index contributed by atoms with van der Waals surface area (Å²) in [5.41, 5.74) is 7.33. The van der Waals surface area contributed by atoms with Crippen molar-refractivity contribution in [1.29, 1.82) is 0 Å². The van der Waals surface area contributed by atoms with Crippen molar-refractivity contribution < 1.29 is 43.2 Å². The van der Waals surface area contributed by atoms with Crippen molar-refractivity contribution in [3.63, 3.8) is 0 Å². The van der Waals surface area contributed by atoms with Crippen molar-refractivity contribution in [2.45, 2.75) is 83.7 Å². The summed E-state index contributed by atoms with van der Waals surface area (Å²) >= 11 is 0. The van der Waals surface area contributed by atoms with Crippen molar-refractivity contribution in [1.82, 2.24) is 20.6 Å². The number of methoxy groups -OCH3 is 2. The van der Waals surface area contributed by atoms with Crippen molar-refractivity contribution in [3.8, 4) is 11.8 Å². The quantitative estimate of drug-likeness (QED) is 0.0714. The number of rotatable bonds is 13. The lowest BCUT2D eigenvalue weighted by molar-refractivity contribution is -0.140. The van der Waals surface area contributed by atoms with E-state index >= 15 is 0 Å². The zero-order valence-corrected chi connectivity index (χ0v) is 36.8. The Labute approximate surface area is 367 Å². The molecule has 2 aliphatic carbocycles. The van der Waals surface area contributed by atoms with Crippen molar-refractivity contribution in [2.75, 3.05) is 67.9 Å². The first-order chi connectivity index (χ1) is 30.2. The second-order valence-electron chi connectivity index (χ2n) is 16.4. The maximum atomic E-state index is 12.7. The van der Waals surface area contributed by atoms with E-state index in [4.69, 9.17) is 24.1 Å². The van der Waals surface area contributed by atoms with Crippen molar-refractivity contribution in [3.05, 3.63) is 82.9 Å². The van der Waals surface area contributed by atoms with Crippen LogP contribution in [0.5, 0.6) is 11.8 Å². The summed E-state index contributed by atoms with van der Waals surface area (Å²) < 4.78 is 20.9. The molecule has 2 aromatic carbocycles. The highest BCUT2D eigenvalue weighted by Crippen LogP contribution is 2.39. The predicted molar refractivity (Wildman–Crippen MR) is 240 cm³/mol. The minimum absolute atomic E-state index is 0.0348. The van der Waals surface area contributed by atoms with Gasteiger partial charge in [0.25, 0.3) is 5.91 Å². The summed E-state index contributed by atoms with van der Waals surface area (Å²) in [5, 5.41) is 23.8. The van der Waals surface area contributed by atoms with Gasteiger partial charge in [-0.2, -0.15) is 9.97 Å². The number of hydrogen-bond acceptors (Lipinski definition) is 13. The Kier molecular flexibility index (Phi) is 15.1. The lowest BCUT2D eigenvalue weighted by Gasteiger charge is -2.31. The molecular formula is C46H58N8O9. The third kappa shape index (κ3) is 12.2. The van der Waals surface area contributed by atoms with Gasteiger partial charge in [-0.3, -0.25) is 14.5 Å². The summed E-state index contributed by atoms with van der Waals surface area (Å²) in [7, 11) is 3.10. The number of amides is 3. The zero-order chi connectivity index (χ0) is 45.1. The van der Waals surface area contributed by atoms with E-state index in [-0.39, 0.29) is 36.8 Å². The fourth-order valence-electron chi connectivity index (χ4n) is 7.98. The van der Waals surface area contributed by atoms with Crippen LogP contribution in [0.2, 0.25) is 0 Å². The number of esters is 1. The molecule has 7 rings (SSSR count). The van der Waals surface area contributed by atoms with E-state index in [2.05, 4.69) is 48.7 Å². The highest BCUT2D eigenvalue weighted by atomic mass is 16.6. The first-order valence-corrected chi connectivity index (χ1v) is 21.3. The molecule has 0 fully saturated rings. The average Bonchev–Trinajstić information content (AvgIpc) is 3.26. The molecule has 4 aromatic rings. The highest BCUT2D eigenvalue weighted by Gasteiger charge is 2.30. The lowest BCUT2D eigenvalue weighted by Crippen LogP contribution is -2.37. The average molecular weight is 867 g/mol. The molecule has 2 atom stereocenters. The van der Waals surface area contributed by atoms with Gasteiger partial charge in [0.05, 0.1) is 44.4 Å². The number of carboxylic acid groups (broad SMARTS) is 1. The third-order valence-electron chi connectivity index (χ3n) is 10.8. The standard InChI is InChI=1S/C26H36N4O5.C20H22N4O4/c1-6-34-23(31)16-27-21-12-13-22(33-5)30-24(21)29-19-10-11-20-17(14-19)8-7-9-18(20)15-28-25(32)35-26(2,3)4;1-28-17-8-7-16-19(23-17)24(18(25)11-21-16)14-5-6-15-12(9-14)3-2-4-13(15)10-22-20(26)27/h10-14,18,27H,6-9,15-16H2,1-5H3,(H,28,32)(H,29,30);5-9,13,21-22H,2-4,10-11H2,1H3,(H,26,27). The summed E-state index contributed by atoms with van der Waals surface area (Å²) in [6.45, 7) is 8.83. The molecule has 0 spiro atoms. The van der Waals surface area contributed by atoms with Gasteiger partial charge in [-0.05, 0) is 125 Å². The molecule has 17 heteroatoms. The summed E-state index contributed by atoms with van der Waals surface area (Å²) in [5.74, 6) is 1.93. The molecule has 1 aliphatic heterocycles. The first-order valence-electron chi connectivity index (χ1n) is 21.3. The maximum absolute atomic E-state index is 12.7. The number of alkyl carbamates (subject to hydrolysis) is 1.